The number of aryl methyl sites for hydroxylation is 1. The van der Waals surface area contributed by atoms with Gasteiger partial charge in [-0.2, -0.15) is 0 Å². The van der Waals surface area contributed by atoms with Gasteiger partial charge in [-0.05, 0) is 18.6 Å². The van der Waals surface area contributed by atoms with Gasteiger partial charge in [-0.3, -0.25) is 0 Å². The predicted octanol–water partition coefficient (Wildman–Crippen LogP) is 2.16. The molecule has 0 unspecified atom stereocenters. The van der Waals surface area contributed by atoms with E-state index in [1.807, 2.05) is 10.8 Å². The number of nitrogens with one attached hydrogen (secondary N) is 1. The molecule has 0 aliphatic heterocycles. The van der Waals surface area contributed by atoms with Crippen LogP contribution in [0.5, 0.6) is 0 Å². The van der Waals surface area contributed by atoms with Crippen molar-refractivity contribution in [3.05, 3.63) is 48.3 Å². The zero-order valence-corrected chi connectivity index (χ0v) is 11.2. The molecule has 3 N–H and O–H groups in total. The summed E-state index contributed by atoms with van der Waals surface area (Å²) in [5.41, 5.74) is 6.45. The summed E-state index contributed by atoms with van der Waals surface area (Å²) in [6.07, 6.45) is 6.31. The standard InChI is InChI=1S/C13H15FN4S/c14-10-3-1-4-11(12(10)13(15)19)17-5-2-7-18-8-6-16-9-18/h1,3-4,6,8-9,17H,2,5,7H2,(H2,15,19). The van der Waals surface area contributed by atoms with E-state index in [0.717, 1.165) is 13.0 Å². The molecule has 0 atom stereocenters. The fourth-order valence-corrected chi connectivity index (χ4v) is 2.03. The Hall–Kier alpha value is -1.95. The number of hydrogen-bond acceptors (Lipinski definition) is 3. The van der Waals surface area contributed by atoms with Gasteiger partial charge < -0.3 is 15.6 Å². The first-order valence-corrected chi connectivity index (χ1v) is 6.37. The third-order valence-electron chi connectivity index (χ3n) is 2.73. The van der Waals surface area contributed by atoms with Crippen LogP contribution in [0.1, 0.15) is 12.0 Å². The minimum absolute atomic E-state index is 0.0650. The van der Waals surface area contributed by atoms with Crippen LogP contribution in [0.25, 0.3) is 0 Å². The van der Waals surface area contributed by atoms with Crippen LogP contribution in [-0.2, 0) is 6.54 Å². The fraction of sp³-hybridized carbons (Fsp3) is 0.231. The third kappa shape index (κ3) is 3.51. The van der Waals surface area contributed by atoms with Crippen molar-refractivity contribution in [1.82, 2.24) is 9.55 Å². The quantitative estimate of drug-likeness (QED) is 0.628. The maximum atomic E-state index is 13.6. The number of benzene rings is 1. The van der Waals surface area contributed by atoms with E-state index in [9.17, 15) is 4.39 Å². The Kier molecular flexibility index (Phi) is 4.46. The Labute approximate surface area is 116 Å². The minimum Gasteiger partial charge on any atom is -0.389 e. The zero-order valence-electron chi connectivity index (χ0n) is 10.3. The molecule has 0 saturated heterocycles. The van der Waals surface area contributed by atoms with Gasteiger partial charge in [0.1, 0.15) is 10.8 Å². The lowest BCUT2D eigenvalue weighted by Crippen LogP contribution is -2.16. The molecule has 1 aromatic heterocycles. The predicted molar refractivity (Wildman–Crippen MR) is 77.6 cm³/mol. The number of hydrogen-bond donors (Lipinski definition) is 2. The normalized spacial score (nSPS) is 10.4. The van der Waals surface area contributed by atoms with Crippen LogP contribution in [0.15, 0.2) is 36.9 Å². The molecule has 0 spiro atoms. The molecular formula is C13H15FN4S. The highest BCUT2D eigenvalue weighted by Crippen LogP contribution is 2.18. The average Bonchev–Trinajstić information content (AvgIpc) is 2.87. The SMILES string of the molecule is NC(=S)c1c(F)cccc1NCCCn1ccnc1. The Morgan fingerprint density at radius 1 is 1.47 bits per heavy atom. The second-order valence-electron chi connectivity index (χ2n) is 4.11. The number of imidazole rings is 1. The summed E-state index contributed by atoms with van der Waals surface area (Å²) in [7, 11) is 0. The van der Waals surface area contributed by atoms with Gasteiger partial charge >= 0.3 is 0 Å². The first-order chi connectivity index (χ1) is 9.18. The van der Waals surface area contributed by atoms with E-state index in [1.54, 1.807) is 24.7 Å². The minimum atomic E-state index is -0.396. The molecule has 2 rings (SSSR count). The lowest BCUT2D eigenvalue weighted by atomic mass is 10.1. The first kappa shape index (κ1) is 13.5. The summed E-state index contributed by atoms with van der Waals surface area (Å²) in [5.74, 6) is -0.396. The molecule has 0 radical (unpaired) electrons. The number of anilines is 1. The Morgan fingerprint density at radius 3 is 3.00 bits per heavy atom. The smallest absolute Gasteiger partial charge is 0.135 e. The van der Waals surface area contributed by atoms with Crippen LogP contribution in [-0.4, -0.2) is 21.1 Å². The lowest BCUT2D eigenvalue weighted by Gasteiger charge is -2.12. The summed E-state index contributed by atoms with van der Waals surface area (Å²) in [4.78, 5) is 4.03. The van der Waals surface area contributed by atoms with E-state index in [-0.39, 0.29) is 10.6 Å². The van der Waals surface area contributed by atoms with Gasteiger partial charge in [0.05, 0.1) is 11.9 Å². The second kappa shape index (κ2) is 6.29. The molecule has 0 aliphatic rings. The Balaban J connectivity index is 1.92. The molecule has 4 nitrogen and oxygen atoms in total. The van der Waals surface area contributed by atoms with E-state index >= 15 is 0 Å². The number of rotatable bonds is 6. The Morgan fingerprint density at radius 2 is 2.32 bits per heavy atom. The van der Waals surface area contributed by atoms with Gasteiger partial charge in [-0.25, -0.2) is 9.37 Å². The second-order valence-corrected chi connectivity index (χ2v) is 4.55. The number of nitrogens with zero attached hydrogens (tertiary/aromatic N) is 2. The van der Waals surface area contributed by atoms with Crippen LogP contribution in [0.3, 0.4) is 0 Å². The molecular weight excluding hydrogens is 263 g/mol. The summed E-state index contributed by atoms with van der Waals surface area (Å²) < 4.78 is 15.6. The first-order valence-electron chi connectivity index (χ1n) is 5.96. The summed E-state index contributed by atoms with van der Waals surface area (Å²) in [6, 6.07) is 4.76. The third-order valence-corrected chi connectivity index (χ3v) is 2.93. The highest BCUT2D eigenvalue weighted by Gasteiger charge is 2.10. The van der Waals surface area contributed by atoms with Crippen molar-refractivity contribution in [2.75, 3.05) is 11.9 Å². The van der Waals surface area contributed by atoms with E-state index in [0.29, 0.717) is 12.2 Å². The maximum absolute atomic E-state index is 13.6. The van der Waals surface area contributed by atoms with Crippen molar-refractivity contribution in [2.24, 2.45) is 5.73 Å². The van der Waals surface area contributed by atoms with Gasteiger partial charge in [0.15, 0.2) is 0 Å². The summed E-state index contributed by atoms with van der Waals surface area (Å²) in [6.45, 7) is 1.56. The van der Waals surface area contributed by atoms with E-state index in [4.69, 9.17) is 18.0 Å². The zero-order chi connectivity index (χ0) is 13.7. The van der Waals surface area contributed by atoms with Crippen molar-refractivity contribution < 1.29 is 4.39 Å². The number of thiocarbonyl (C=S) groups is 1. The van der Waals surface area contributed by atoms with E-state index < -0.39 is 5.82 Å². The molecule has 0 bridgehead atoms. The van der Waals surface area contributed by atoms with Crippen LogP contribution < -0.4 is 11.1 Å². The highest BCUT2D eigenvalue weighted by molar-refractivity contribution is 7.80. The summed E-state index contributed by atoms with van der Waals surface area (Å²) >= 11 is 4.87. The van der Waals surface area contributed by atoms with E-state index in [2.05, 4.69) is 10.3 Å². The molecule has 6 heteroatoms. The molecule has 0 amide bonds. The average molecular weight is 278 g/mol. The van der Waals surface area contributed by atoms with Crippen LogP contribution in [0.4, 0.5) is 10.1 Å². The van der Waals surface area contributed by atoms with Crippen molar-refractivity contribution in [2.45, 2.75) is 13.0 Å². The molecule has 100 valence electrons. The topological polar surface area (TPSA) is 55.9 Å². The largest absolute Gasteiger partial charge is 0.389 e. The van der Waals surface area contributed by atoms with Crippen molar-refractivity contribution in [1.29, 1.82) is 0 Å². The number of nitrogens with two attached hydrogens (primary N) is 1. The van der Waals surface area contributed by atoms with Crippen molar-refractivity contribution in [3.63, 3.8) is 0 Å². The van der Waals surface area contributed by atoms with Gasteiger partial charge in [0, 0.05) is 31.2 Å². The molecule has 2 aromatic rings. The fourth-order valence-electron chi connectivity index (χ4n) is 1.83. The van der Waals surface area contributed by atoms with Gasteiger partial charge in [0.25, 0.3) is 0 Å². The molecule has 0 saturated carbocycles. The van der Waals surface area contributed by atoms with E-state index in [1.165, 1.54) is 6.07 Å². The monoisotopic (exact) mass is 278 g/mol. The number of aromatic nitrogens is 2. The number of halogens is 1. The van der Waals surface area contributed by atoms with Crippen molar-refractivity contribution in [3.8, 4) is 0 Å². The summed E-state index contributed by atoms with van der Waals surface area (Å²) in [5, 5.41) is 3.16. The maximum Gasteiger partial charge on any atom is 0.135 e. The van der Waals surface area contributed by atoms with Crippen LogP contribution >= 0.6 is 12.2 Å². The molecule has 0 fully saturated rings. The Bertz CT molecular complexity index is 554. The molecule has 0 aliphatic carbocycles. The lowest BCUT2D eigenvalue weighted by molar-refractivity contribution is 0.625. The van der Waals surface area contributed by atoms with Gasteiger partial charge in [-0.15, -0.1) is 0 Å². The van der Waals surface area contributed by atoms with Gasteiger partial charge in [-0.1, -0.05) is 18.3 Å². The highest BCUT2D eigenvalue weighted by atomic mass is 32.1. The molecule has 19 heavy (non-hydrogen) atoms. The molecule has 1 heterocycles. The van der Waals surface area contributed by atoms with Crippen LogP contribution in [0, 0.1) is 5.82 Å². The van der Waals surface area contributed by atoms with Gasteiger partial charge in [0.2, 0.25) is 0 Å². The van der Waals surface area contributed by atoms with Crippen molar-refractivity contribution >= 4 is 22.9 Å². The van der Waals surface area contributed by atoms with Crippen LogP contribution in [0.2, 0.25) is 0 Å². The molecule has 1 aromatic carbocycles.